The summed E-state index contributed by atoms with van der Waals surface area (Å²) in [6.07, 6.45) is 57.7. The molecule has 304 valence electrons. The molecule has 0 fully saturated rings. The van der Waals surface area contributed by atoms with Crippen molar-refractivity contribution in [3.8, 4) is 0 Å². The highest BCUT2D eigenvalue weighted by Gasteiger charge is 2.21. The van der Waals surface area contributed by atoms with Crippen molar-refractivity contribution in [2.45, 2.75) is 258 Å². The summed E-state index contributed by atoms with van der Waals surface area (Å²) >= 11 is 0. The predicted octanol–water partition coefficient (Wildman–Crippen LogP) is 16.1. The Morgan fingerprint density at radius 3 is 1.15 bits per heavy atom. The summed E-state index contributed by atoms with van der Waals surface area (Å²) < 4.78 is 5.34. The molecule has 4 nitrogen and oxygen atoms in total. The van der Waals surface area contributed by atoms with E-state index in [1.54, 1.807) is 0 Å². The number of rotatable bonds is 42. The molecule has 0 aromatic carbocycles. The Hall–Kier alpha value is -1.84. The summed E-state index contributed by atoms with van der Waals surface area (Å²) in [7, 11) is 0. The molecule has 0 aliphatic heterocycles. The van der Waals surface area contributed by atoms with Gasteiger partial charge in [0.15, 0.2) is 6.10 Å². The van der Waals surface area contributed by atoms with Gasteiger partial charge in [0.05, 0.1) is 0 Å². The third-order valence-electron chi connectivity index (χ3n) is 10.4. The van der Waals surface area contributed by atoms with Crippen LogP contribution < -0.4 is 0 Å². The maximum Gasteiger partial charge on any atom is 0.345 e. The minimum absolute atomic E-state index is 0.327. The number of aliphatic carboxylic acids is 1. The van der Waals surface area contributed by atoms with Crippen molar-refractivity contribution < 1.29 is 19.4 Å². The number of carboxylic acid groups (broad SMARTS) is 1. The maximum atomic E-state index is 12.3. The van der Waals surface area contributed by atoms with E-state index in [0.717, 1.165) is 51.4 Å². The van der Waals surface area contributed by atoms with Gasteiger partial charge in [0.25, 0.3) is 0 Å². The van der Waals surface area contributed by atoms with E-state index in [1.165, 1.54) is 173 Å². The lowest BCUT2D eigenvalue weighted by Crippen LogP contribution is -2.27. The van der Waals surface area contributed by atoms with E-state index in [0.29, 0.717) is 12.8 Å². The van der Waals surface area contributed by atoms with E-state index in [9.17, 15) is 14.7 Å². The molecule has 0 rings (SSSR count). The monoisotopic (exact) mass is 729 g/mol. The summed E-state index contributed by atoms with van der Waals surface area (Å²) in [4.78, 5) is 23.9. The molecule has 0 aromatic heterocycles. The molecule has 1 N–H and O–H groups in total. The molecule has 0 bridgehead atoms. The lowest BCUT2D eigenvalue weighted by molar-refractivity contribution is -0.164. The van der Waals surface area contributed by atoms with Crippen LogP contribution >= 0.6 is 0 Å². The summed E-state index contributed by atoms with van der Waals surface area (Å²) in [6.45, 7) is 4.54. The molecule has 1 unspecified atom stereocenters. The predicted molar refractivity (Wildman–Crippen MR) is 227 cm³/mol. The van der Waals surface area contributed by atoms with Crippen LogP contribution in [0.15, 0.2) is 36.5 Å². The van der Waals surface area contributed by atoms with Crippen LogP contribution in [0.5, 0.6) is 0 Å². The van der Waals surface area contributed by atoms with E-state index >= 15 is 0 Å². The van der Waals surface area contributed by atoms with E-state index in [2.05, 4.69) is 50.3 Å². The number of ether oxygens (including phenoxy) is 1. The summed E-state index contributed by atoms with van der Waals surface area (Å²) in [5, 5.41) is 9.54. The number of carbonyl (C=O) groups excluding carboxylic acids is 1. The van der Waals surface area contributed by atoms with Crippen LogP contribution in [0.25, 0.3) is 0 Å². The van der Waals surface area contributed by atoms with Gasteiger partial charge in [0.2, 0.25) is 0 Å². The number of carbonyl (C=O) groups is 2. The van der Waals surface area contributed by atoms with Crippen molar-refractivity contribution in [1.29, 1.82) is 0 Å². The van der Waals surface area contributed by atoms with Gasteiger partial charge in [-0.1, -0.05) is 204 Å². The minimum atomic E-state index is -1.01. The fourth-order valence-electron chi connectivity index (χ4n) is 6.88. The Bertz CT molecular complexity index is 828. The molecule has 0 amide bonds. The van der Waals surface area contributed by atoms with Gasteiger partial charge >= 0.3 is 11.9 Å². The summed E-state index contributed by atoms with van der Waals surface area (Å²) in [5.74, 6) is -1.36. The molecular formula is C48H88O4. The van der Waals surface area contributed by atoms with Crippen LogP contribution in [0.1, 0.15) is 251 Å². The average molecular weight is 729 g/mol. The Balaban J connectivity index is 3.53. The second-order valence-electron chi connectivity index (χ2n) is 15.6. The van der Waals surface area contributed by atoms with Crippen LogP contribution in [-0.2, 0) is 14.3 Å². The molecular weight excluding hydrogens is 641 g/mol. The Morgan fingerprint density at radius 1 is 0.423 bits per heavy atom. The van der Waals surface area contributed by atoms with Crippen LogP contribution in [-0.4, -0.2) is 23.1 Å². The number of unbranched alkanes of at least 4 members (excludes halogenated alkanes) is 30. The van der Waals surface area contributed by atoms with Gasteiger partial charge in [-0.05, 0) is 77.0 Å². The standard InChI is InChI=1S/C48H88O4/c1-3-5-7-9-11-13-15-17-19-21-23-25-27-29-31-33-35-37-39-41-43-45-47(49)52-46(48(50)51)44-42-40-38-36-34-32-30-28-26-24-22-20-18-16-14-12-10-8-6-4-2/h11,13,17,19,29,31,46H,3-10,12,14-16,18,20-28,30,32-45H2,1-2H3,(H,50,51)/b13-11-,19-17-,31-29-. The topological polar surface area (TPSA) is 63.6 Å². The third kappa shape index (κ3) is 40.9. The van der Waals surface area contributed by atoms with Crippen LogP contribution in [0.3, 0.4) is 0 Å². The first-order valence-electron chi connectivity index (χ1n) is 23.0. The van der Waals surface area contributed by atoms with Crippen LogP contribution in [0, 0.1) is 0 Å². The molecule has 0 saturated heterocycles. The minimum Gasteiger partial charge on any atom is -0.479 e. The second kappa shape index (κ2) is 43.6. The molecule has 0 spiro atoms. The second-order valence-corrected chi connectivity index (χ2v) is 15.6. The van der Waals surface area contributed by atoms with Gasteiger partial charge in [-0.15, -0.1) is 0 Å². The molecule has 0 saturated carbocycles. The molecule has 4 heteroatoms. The van der Waals surface area contributed by atoms with Gasteiger partial charge in [0.1, 0.15) is 0 Å². The molecule has 52 heavy (non-hydrogen) atoms. The normalized spacial score (nSPS) is 12.5. The zero-order chi connectivity index (χ0) is 37.8. The van der Waals surface area contributed by atoms with Gasteiger partial charge < -0.3 is 9.84 Å². The van der Waals surface area contributed by atoms with Crippen molar-refractivity contribution in [2.24, 2.45) is 0 Å². The van der Waals surface area contributed by atoms with Crippen LogP contribution in [0.2, 0.25) is 0 Å². The third-order valence-corrected chi connectivity index (χ3v) is 10.4. The number of hydrogen-bond donors (Lipinski definition) is 1. The number of carboxylic acids is 1. The Labute approximate surface area is 324 Å². The highest BCUT2D eigenvalue weighted by Crippen LogP contribution is 2.17. The number of allylic oxidation sites excluding steroid dienone is 6. The Morgan fingerprint density at radius 2 is 0.731 bits per heavy atom. The highest BCUT2D eigenvalue weighted by molar-refractivity contribution is 5.77. The van der Waals surface area contributed by atoms with E-state index in [4.69, 9.17) is 4.74 Å². The zero-order valence-corrected chi connectivity index (χ0v) is 34.9. The molecule has 0 radical (unpaired) electrons. The smallest absolute Gasteiger partial charge is 0.345 e. The zero-order valence-electron chi connectivity index (χ0n) is 34.9. The first-order chi connectivity index (χ1) is 25.6. The van der Waals surface area contributed by atoms with Gasteiger partial charge in [0, 0.05) is 6.42 Å². The first-order valence-corrected chi connectivity index (χ1v) is 23.0. The molecule has 0 aliphatic rings. The number of hydrogen-bond acceptors (Lipinski definition) is 3. The molecule has 0 heterocycles. The maximum absolute atomic E-state index is 12.3. The number of esters is 1. The van der Waals surface area contributed by atoms with Gasteiger partial charge in [-0.2, -0.15) is 0 Å². The highest BCUT2D eigenvalue weighted by atomic mass is 16.6. The fourth-order valence-corrected chi connectivity index (χ4v) is 6.88. The van der Waals surface area contributed by atoms with Crippen molar-refractivity contribution in [3.05, 3.63) is 36.5 Å². The van der Waals surface area contributed by atoms with Gasteiger partial charge in [-0.3, -0.25) is 4.79 Å². The molecule has 0 aliphatic carbocycles. The molecule has 0 aromatic rings. The SMILES string of the molecule is CCCCC/C=C\C/C=C\CCCC/C=C\CCCCCCCC(=O)OC(CCCCCCCCCCCCCCCCCCCCCC)C(=O)O. The largest absolute Gasteiger partial charge is 0.479 e. The van der Waals surface area contributed by atoms with Crippen molar-refractivity contribution in [3.63, 3.8) is 0 Å². The first kappa shape index (κ1) is 50.2. The quantitative estimate of drug-likeness (QED) is 0.0386. The van der Waals surface area contributed by atoms with E-state index in [-0.39, 0.29) is 5.97 Å². The van der Waals surface area contributed by atoms with Crippen molar-refractivity contribution in [1.82, 2.24) is 0 Å². The van der Waals surface area contributed by atoms with Crippen molar-refractivity contribution >= 4 is 11.9 Å². The average Bonchev–Trinajstić information content (AvgIpc) is 3.14. The molecule has 1 atom stereocenters. The fraction of sp³-hybridized carbons (Fsp3) is 0.833. The van der Waals surface area contributed by atoms with Crippen molar-refractivity contribution in [2.75, 3.05) is 0 Å². The van der Waals surface area contributed by atoms with E-state index < -0.39 is 12.1 Å². The van der Waals surface area contributed by atoms with Gasteiger partial charge in [-0.25, -0.2) is 4.79 Å². The van der Waals surface area contributed by atoms with E-state index in [1.807, 2.05) is 0 Å². The summed E-state index contributed by atoms with van der Waals surface area (Å²) in [5.41, 5.74) is 0. The lowest BCUT2D eigenvalue weighted by Gasteiger charge is -2.13. The van der Waals surface area contributed by atoms with Crippen LogP contribution in [0.4, 0.5) is 0 Å². The lowest BCUT2D eigenvalue weighted by atomic mass is 10.0. The Kier molecular flexibility index (Phi) is 42.0. The summed E-state index contributed by atoms with van der Waals surface area (Å²) in [6, 6.07) is 0.